The van der Waals surface area contributed by atoms with E-state index in [9.17, 15) is 13.2 Å². The molecule has 2 heterocycles. The lowest BCUT2D eigenvalue weighted by molar-refractivity contribution is -0.143. The van der Waals surface area contributed by atoms with Crippen LogP contribution in [0.5, 0.6) is 0 Å². The highest BCUT2D eigenvalue weighted by Crippen LogP contribution is 2.39. The number of hydrogen-bond acceptors (Lipinski definition) is 5. The molecular formula is C17H31N3O4S. The summed E-state index contributed by atoms with van der Waals surface area (Å²) in [6, 6.07) is 0. The van der Waals surface area contributed by atoms with E-state index >= 15 is 0 Å². The number of carbonyl (C=O) groups is 1. The van der Waals surface area contributed by atoms with Crippen LogP contribution in [0.25, 0.3) is 0 Å². The van der Waals surface area contributed by atoms with Crippen LogP contribution in [0.2, 0.25) is 0 Å². The Morgan fingerprint density at radius 2 is 1.80 bits per heavy atom. The highest BCUT2D eigenvalue weighted by Gasteiger charge is 2.46. The standard InChI is InChI=1S/C17H31N3O4S/c1-18(2)25(22,23)14-11-19-8-5-17(6-12-24-13-7-17)20(10-9-19)16(21)15-3-4-15/h15H,3-14H2,1-2H3. The molecule has 144 valence electrons. The quantitative estimate of drug-likeness (QED) is 0.696. The van der Waals surface area contributed by atoms with Gasteiger partial charge in [-0.2, -0.15) is 0 Å². The van der Waals surface area contributed by atoms with Gasteiger partial charge in [-0.15, -0.1) is 0 Å². The number of sulfonamides is 1. The third-order valence-corrected chi connectivity index (χ3v) is 7.75. The third kappa shape index (κ3) is 4.35. The van der Waals surface area contributed by atoms with Gasteiger partial charge in [0.2, 0.25) is 15.9 Å². The summed E-state index contributed by atoms with van der Waals surface area (Å²) >= 11 is 0. The summed E-state index contributed by atoms with van der Waals surface area (Å²) in [5, 5.41) is 0. The lowest BCUT2D eigenvalue weighted by atomic mass is 9.84. The largest absolute Gasteiger partial charge is 0.381 e. The first kappa shape index (κ1) is 19.1. The Balaban J connectivity index is 1.67. The second-order valence-corrected chi connectivity index (χ2v) is 10.1. The van der Waals surface area contributed by atoms with Crippen LogP contribution in [0.15, 0.2) is 0 Å². The molecule has 1 aliphatic carbocycles. The molecule has 1 amide bonds. The summed E-state index contributed by atoms with van der Waals surface area (Å²) in [5.74, 6) is 0.664. The van der Waals surface area contributed by atoms with Crippen LogP contribution in [-0.4, -0.2) is 93.2 Å². The van der Waals surface area contributed by atoms with E-state index in [-0.39, 0.29) is 17.2 Å². The lowest BCUT2D eigenvalue weighted by Gasteiger charge is -2.45. The van der Waals surface area contributed by atoms with Crippen LogP contribution in [0.3, 0.4) is 0 Å². The second kappa shape index (κ2) is 7.50. The third-order valence-electron chi connectivity index (χ3n) is 5.94. The van der Waals surface area contributed by atoms with Crippen molar-refractivity contribution in [3.05, 3.63) is 0 Å². The van der Waals surface area contributed by atoms with Crippen LogP contribution in [0, 0.1) is 5.92 Å². The molecule has 3 rings (SSSR count). The SMILES string of the molecule is CN(C)S(=O)(=O)CCN1CCN(C(=O)C2CC2)C2(CCOCC2)CC1. The molecule has 7 nitrogen and oxygen atoms in total. The van der Waals surface area contributed by atoms with Gasteiger partial charge in [-0.05, 0) is 32.1 Å². The van der Waals surface area contributed by atoms with Gasteiger partial charge in [0.1, 0.15) is 0 Å². The molecule has 3 aliphatic rings. The number of hydrogen-bond donors (Lipinski definition) is 0. The minimum absolute atomic E-state index is 0.0902. The molecule has 2 aliphatic heterocycles. The summed E-state index contributed by atoms with van der Waals surface area (Å²) in [6.07, 6.45) is 4.75. The van der Waals surface area contributed by atoms with Crippen LogP contribution < -0.4 is 0 Å². The maximum Gasteiger partial charge on any atom is 0.226 e. The van der Waals surface area contributed by atoms with Gasteiger partial charge < -0.3 is 14.5 Å². The first-order chi connectivity index (χ1) is 11.8. The van der Waals surface area contributed by atoms with Crippen molar-refractivity contribution in [2.45, 2.75) is 37.6 Å². The van der Waals surface area contributed by atoms with Gasteiger partial charge >= 0.3 is 0 Å². The maximum absolute atomic E-state index is 12.9. The first-order valence-corrected chi connectivity index (χ1v) is 11.0. The van der Waals surface area contributed by atoms with Crippen molar-refractivity contribution in [2.24, 2.45) is 5.92 Å². The van der Waals surface area contributed by atoms with Gasteiger partial charge in [0.15, 0.2) is 0 Å². The first-order valence-electron chi connectivity index (χ1n) is 9.36. The highest BCUT2D eigenvalue weighted by molar-refractivity contribution is 7.89. The van der Waals surface area contributed by atoms with E-state index in [0.29, 0.717) is 32.2 Å². The zero-order valence-electron chi connectivity index (χ0n) is 15.4. The fourth-order valence-corrected chi connectivity index (χ4v) is 4.76. The Morgan fingerprint density at radius 3 is 2.40 bits per heavy atom. The molecule has 0 radical (unpaired) electrons. The van der Waals surface area contributed by atoms with Crippen molar-refractivity contribution in [1.82, 2.24) is 14.1 Å². The predicted molar refractivity (Wildman–Crippen MR) is 95.8 cm³/mol. The maximum atomic E-state index is 12.9. The van der Waals surface area contributed by atoms with Crippen molar-refractivity contribution >= 4 is 15.9 Å². The van der Waals surface area contributed by atoms with Crippen LogP contribution in [0.1, 0.15) is 32.1 Å². The van der Waals surface area contributed by atoms with E-state index in [1.807, 2.05) is 0 Å². The van der Waals surface area contributed by atoms with Crippen molar-refractivity contribution < 1.29 is 17.9 Å². The Hall–Kier alpha value is -0.700. The smallest absolute Gasteiger partial charge is 0.226 e. The molecule has 1 saturated carbocycles. The minimum Gasteiger partial charge on any atom is -0.381 e. The molecule has 2 saturated heterocycles. The lowest BCUT2D eigenvalue weighted by Crippen LogP contribution is -2.55. The van der Waals surface area contributed by atoms with Crippen LogP contribution in [-0.2, 0) is 19.6 Å². The summed E-state index contributed by atoms with van der Waals surface area (Å²) in [4.78, 5) is 17.2. The molecular weight excluding hydrogens is 342 g/mol. The Morgan fingerprint density at radius 1 is 1.12 bits per heavy atom. The summed E-state index contributed by atoms with van der Waals surface area (Å²) in [7, 11) is -0.0366. The zero-order chi connectivity index (χ0) is 18.1. The zero-order valence-corrected chi connectivity index (χ0v) is 16.3. The number of rotatable bonds is 5. The molecule has 0 unspecified atom stereocenters. The summed E-state index contributed by atoms with van der Waals surface area (Å²) in [5.41, 5.74) is -0.0902. The van der Waals surface area contributed by atoms with Crippen molar-refractivity contribution in [2.75, 3.05) is 59.2 Å². The number of amides is 1. The van der Waals surface area contributed by atoms with Gasteiger partial charge in [0, 0.05) is 64.9 Å². The number of nitrogens with zero attached hydrogens (tertiary/aromatic N) is 3. The Labute approximate surface area is 151 Å². The van der Waals surface area contributed by atoms with E-state index in [1.54, 1.807) is 14.1 Å². The Kier molecular flexibility index (Phi) is 5.72. The molecule has 0 aromatic heterocycles. The molecule has 0 N–H and O–H groups in total. The van der Waals surface area contributed by atoms with E-state index in [1.165, 1.54) is 4.31 Å². The fourth-order valence-electron chi connectivity index (χ4n) is 3.91. The fraction of sp³-hybridized carbons (Fsp3) is 0.941. The normalized spacial score (nSPS) is 25.3. The summed E-state index contributed by atoms with van der Waals surface area (Å²) < 4.78 is 30.9. The van der Waals surface area contributed by atoms with E-state index in [4.69, 9.17) is 4.74 Å². The van der Waals surface area contributed by atoms with Gasteiger partial charge in [-0.1, -0.05) is 0 Å². The molecule has 0 bridgehead atoms. The van der Waals surface area contributed by atoms with E-state index in [0.717, 1.165) is 45.2 Å². The topological polar surface area (TPSA) is 70.2 Å². The van der Waals surface area contributed by atoms with Gasteiger partial charge in [-0.25, -0.2) is 12.7 Å². The van der Waals surface area contributed by atoms with Crippen LogP contribution in [0.4, 0.5) is 0 Å². The highest BCUT2D eigenvalue weighted by atomic mass is 32.2. The van der Waals surface area contributed by atoms with Crippen molar-refractivity contribution in [3.8, 4) is 0 Å². The molecule has 0 aromatic rings. The van der Waals surface area contributed by atoms with Gasteiger partial charge in [-0.3, -0.25) is 4.79 Å². The molecule has 25 heavy (non-hydrogen) atoms. The summed E-state index contributed by atoms with van der Waals surface area (Å²) in [6.45, 7) is 4.25. The molecule has 8 heteroatoms. The van der Waals surface area contributed by atoms with Crippen molar-refractivity contribution in [3.63, 3.8) is 0 Å². The number of carbonyl (C=O) groups excluding carboxylic acids is 1. The van der Waals surface area contributed by atoms with E-state index < -0.39 is 10.0 Å². The molecule has 0 aromatic carbocycles. The second-order valence-electron chi connectivity index (χ2n) is 7.79. The van der Waals surface area contributed by atoms with Gasteiger partial charge in [0.05, 0.1) is 5.75 Å². The molecule has 1 spiro atoms. The average molecular weight is 374 g/mol. The molecule has 0 atom stereocenters. The minimum atomic E-state index is -3.19. The van der Waals surface area contributed by atoms with E-state index in [2.05, 4.69) is 9.80 Å². The van der Waals surface area contributed by atoms with Crippen LogP contribution >= 0.6 is 0 Å². The monoisotopic (exact) mass is 373 g/mol. The number of ether oxygens (including phenoxy) is 1. The van der Waals surface area contributed by atoms with Crippen molar-refractivity contribution in [1.29, 1.82) is 0 Å². The Bertz CT molecular complexity index is 583. The molecule has 3 fully saturated rings. The van der Waals surface area contributed by atoms with Gasteiger partial charge in [0.25, 0.3) is 0 Å². The average Bonchev–Trinajstić information content (AvgIpc) is 3.42. The predicted octanol–water partition coefficient (Wildman–Crippen LogP) is 0.371.